The van der Waals surface area contributed by atoms with Crippen LogP contribution in [0.4, 0.5) is 0 Å². The summed E-state index contributed by atoms with van der Waals surface area (Å²) in [6, 6.07) is 12.0. The summed E-state index contributed by atoms with van der Waals surface area (Å²) in [5, 5.41) is 3.38. The Hall–Kier alpha value is -1.98. The molecule has 1 aromatic heterocycles. The maximum Gasteiger partial charge on any atom is 0.264 e. The number of carbonyl (C=O) groups is 2. The third-order valence-corrected chi connectivity index (χ3v) is 5.61. The molecule has 1 unspecified atom stereocenters. The zero-order chi connectivity index (χ0) is 17.1. The lowest BCUT2D eigenvalue weighted by Crippen LogP contribution is -2.48. The van der Waals surface area contributed by atoms with Crippen LogP contribution in [0.3, 0.4) is 0 Å². The third kappa shape index (κ3) is 3.42. The summed E-state index contributed by atoms with van der Waals surface area (Å²) in [4.78, 5) is 27.6. The molecule has 0 bridgehead atoms. The molecular weight excluding hydrogens is 320 g/mol. The Bertz CT molecular complexity index is 736. The Balaban J connectivity index is 1.85. The van der Waals surface area contributed by atoms with Crippen LogP contribution in [0, 0.1) is 0 Å². The van der Waals surface area contributed by atoms with Crippen LogP contribution in [0.25, 0.3) is 0 Å². The van der Waals surface area contributed by atoms with Crippen LogP contribution >= 0.6 is 11.3 Å². The largest absolute Gasteiger partial charge is 0.328 e. The van der Waals surface area contributed by atoms with Gasteiger partial charge in [0.15, 0.2) is 5.78 Å². The number of rotatable bonds is 4. The first-order chi connectivity index (χ1) is 11.6. The fraction of sp³-hybridized carbons (Fsp3) is 0.368. The van der Waals surface area contributed by atoms with Gasteiger partial charge in [-0.05, 0) is 36.6 Å². The lowest BCUT2D eigenvalue weighted by Gasteiger charge is -2.36. The first-order valence-corrected chi connectivity index (χ1v) is 9.13. The Morgan fingerprint density at radius 1 is 1.17 bits per heavy atom. The molecule has 0 aliphatic carbocycles. The minimum absolute atomic E-state index is 0.00562. The van der Waals surface area contributed by atoms with Gasteiger partial charge in [0.2, 0.25) is 0 Å². The van der Waals surface area contributed by atoms with Gasteiger partial charge in [-0.2, -0.15) is 0 Å². The Kier molecular flexibility index (Phi) is 5.11. The number of carbonyl (C=O) groups excluding carboxylic acids is 2. The average molecular weight is 342 g/mol. The van der Waals surface area contributed by atoms with Crippen molar-refractivity contribution in [2.45, 2.75) is 26.3 Å². The molecule has 2 heterocycles. The first-order valence-electron chi connectivity index (χ1n) is 8.31. The lowest BCUT2D eigenvalue weighted by atomic mass is 10.0. The highest BCUT2D eigenvalue weighted by Gasteiger charge is 2.29. The molecule has 5 heteroatoms. The van der Waals surface area contributed by atoms with E-state index in [1.165, 1.54) is 23.8 Å². The molecule has 0 spiro atoms. The molecule has 1 amide bonds. The van der Waals surface area contributed by atoms with Crippen LogP contribution in [0.5, 0.6) is 0 Å². The fourth-order valence-corrected chi connectivity index (χ4v) is 3.86. The number of ketones is 1. The van der Waals surface area contributed by atoms with E-state index in [1.54, 1.807) is 12.1 Å². The molecule has 4 nitrogen and oxygen atoms in total. The van der Waals surface area contributed by atoms with Gasteiger partial charge in [0.25, 0.3) is 5.91 Å². The second-order valence-electron chi connectivity index (χ2n) is 6.03. The van der Waals surface area contributed by atoms with E-state index in [0.717, 1.165) is 25.1 Å². The number of benzene rings is 1. The molecule has 1 aliphatic heterocycles. The highest BCUT2D eigenvalue weighted by molar-refractivity contribution is 7.15. The number of aryl methyl sites for hydroxylation is 1. The highest BCUT2D eigenvalue weighted by Crippen LogP contribution is 2.27. The van der Waals surface area contributed by atoms with E-state index in [1.807, 2.05) is 4.90 Å². The number of nitrogens with zero attached hydrogens (tertiary/aromatic N) is 1. The molecule has 1 N–H and O–H groups in total. The fourth-order valence-electron chi connectivity index (χ4n) is 3.00. The molecule has 3 rings (SSSR count). The number of hydrogen-bond donors (Lipinski definition) is 1. The Labute approximate surface area is 146 Å². The van der Waals surface area contributed by atoms with E-state index in [2.05, 4.69) is 36.5 Å². The molecule has 1 aromatic carbocycles. The number of piperazine rings is 1. The van der Waals surface area contributed by atoms with Gasteiger partial charge in [0.1, 0.15) is 0 Å². The molecule has 1 aliphatic rings. The molecule has 1 atom stereocenters. The molecule has 2 aromatic rings. The molecule has 1 fully saturated rings. The van der Waals surface area contributed by atoms with Gasteiger partial charge in [-0.1, -0.05) is 31.2 Å². The van der Waals surface area contributed by atoms with Crippen molar-refractivity contribution in [3.63, 3.8) is 0 Å². The minimum atomic E-state index is 0.00562. The zero-order valence-corrected chi connectivity index (χ0v) is 14.9. The Morgan fingerprint density at radius 2 is 1.88 bits per heavy atom. The summed E-state index contributed by atoms with van der Waals surface area (Å²) in [7, 11) is 0. The number of thiophene rings is 1. The van der Waals surface area contributed by atoms with Crippen LogP contribution in [0.15, 0.2) is 36.4 Å². The van der Waals surface area contributed by atoms with Crippen LogP contribution in [0.1, 0.15) is 50.4 Å². The summed E-state index contributed by atoms with van der Waals surface area (Å²) in [6.07, 6.45) is 1.01. The third-order valence-electron chi connectivity index (χ3n) is 4.44. The monoisotopic (exact) mass is 342 g/mol. The lowest BCUT2D eigenvalue weighted by molar-refractivity contribution is 0.0639. The van der Waals surface area contributed by atoms with E-state index in [-0.39, 0.29) is 17.7 Å². The SMILES string of the molecule is CCc1ccc(C2CNCCN2C(=O)c2ccc(C(C)=O)s2)cc1. The smallest absolute Gasteiger partial charge is 0.264 e. The minimum Gasteiger partial charge on any atom is -0.328 e. The van der Waals surface area contributed by atoms with Crippen molar-refractivity contribution in [1.29, 1.82) is 0 Å². The second-order valence-corrected chi connectivity index (χ2v) is 7.12. The zero-order valence-electron chi connectivity index (χ0n) is 14.0. The van der Waals surface area contributed by atoms with E-state index in [9.17, 15) is 9.59 Å². The predicted molar refractivity (Wildman–Crippen MR) is 96.8 cm³/mol. The van der Waals surface area contributed by atoms with Crippen molar-refractivity contribution in [3.05, 3.63) is 57.3 Å². The van der Waals surface area contributed by atoms with E-state index < -0.39 is 0 Å². The summed E-state index contributed by atoms with van der Waals surface area (Å²) < 4.78 is 0. The molecule has 24 heavy (non-hydrogen) atoms. The molecule has 0 saturated carbocycles. The predicted octanol–water partition coefficient (Wildman–Crippen LogP) is 3.30. The van der Waals surface area contributed by atoms with Crippen LogP contribution in [-0.2, 0) is 6.42 Å². The van der Waals surface area contributed by atoms with Crippen molar-refractivity contribution < 1.29 is 9.59 Å². The van der Waals surface area contributed by atoms with Gasteiger partial charge < -0.3 is 10.2 Å². The highest BCUT2D eigenvalue weighted by atomic mass is 32.1. The topological polar surface area (TPSA) is 49.4 Å². The van der Waals surface area contributed by atoms with Gasteiger partial charge in [-0.25, -0.2) is 0 Å². The number of amides is 1. The van der Waals surface area contributed by atoms with E-state index in [0.29, 0.717) is 16.3 Å². The molecule has 126 valence electrons. The quantitative estimate of drug-likeness (QED) is 0.868. The summed E-state index contributed by atoms with van der Waals surface area (Å²) >= 11 is 1.28. The van der Waals surface area contributed by atoms with Crippen molar-refractivity contribution in [1.82, 2.24) is 10.2 Å². The number of nitrogens with one attached hydrogen (secondary N) is 1. The van der Waals surface area contributed by atoms with Crippen molar-refractivity contribution in [3.8, 4) is 0 Å². The normalized spacial score (nSPS) is 17.8. The van der Waals surface area contributed by atoms with Gasteiger partial charge >= 0.3 is 0 Å². The molecule has 1 saturated heterocycles. The standard InChI is InChI=1S/C19H22N2O2S/c1-3-14-4-6-15(7-5-14)16-12-20-10-11-21(16)19(23)18-9-8-17(24-18)13(2)22/h4-9,16,20H,3,10-12H2,1-2H3. The Morgan fingerprint density at radius 3 is 2.50 bits per heavy atom. The first kappa shape index (κ1) is 16.9. The molecular formula is C19H22N2O2S. The van der Waals surface area contributed by atoms with Gasteiger partial charge in [-0.15, -0.1) is 11.3 Å². The van der Waals surface area contributed by atoms with E-state index in [4.69, 9.17) is 0 Å². The second kappa shape index (κ2) is 7.28. The van der Waals surface area contributed by atoms with Crippen molar-refractivity contribution in [2.75, 3.05) is 19.6 Å². The number of Topliss-reactive ketones (excluding diaryl/α,β-unsaturated/α-hetero) is 1. The van der Waals surface area contributed by atoms with Crippen molar-refractivity contribution in [2.24, 2.45) is 0 Å². The average Bonchev–Trinajstić information content (AvgIpc) is 3.12. The maximum atomic E-state index is 12.9. The summed E-state index contributed by atoms with van der Waals surface area (Å²) in [5.41, 5.74) is 2.45. The van der Waals surface area contributed by atoms with Crippen LogP contribution in [0.2, 0.25) is 0 Å². The van der Waals surface area contributed by atoms with Crippen molar-refractivity contribution >= 4 is 23.0 Å². The van der Waals surface area contributed by atoms with Crippen LogP contribution < -0.4 is 5.32 Å². The van der Waals surface area contributed by atoms with Crippen LogP contribution in [-0.4, -0.2) is 36.2 Å². The maximum absolute atomic E-state index is 12.9. The summed E-state index contributed by atoms with van der Waals surface area (Å²) in [6.45, 7) is 5.88. The molecule has 0 radical (unpaired) electrons. The number of hydrogen-bond acceptors (Lipinski definition) is 4. The van der Waals surface area contributed by atoms with Gasteiger partial charge in [0.05, 0.1) is 15.8 Å². The van der Waals surface area contributed by atoms with Gasteiger partial charge in [0, 0.05) is 19.6 Å². The van der Waals surface area contributed by atoms with Gasteiger partial charge in [-0.3, -0.25) is 9.59 Å². The summed E-state index contributed by atoms with van der Waals surface area (Å²) in [5.74, 6) is 0.0182. The van der Waals surface area contributed by atoms with E-state index >= 15 is 0 Å².